The third kappa shape index (κ3) is 42.4. The van der Waals surface area contributed by atoms with E-state index in [0.717, 1.165) is 50.9 Å². The van der Waals surface area contributed by atoms with Crippen LogP contribution in [0.25, 0.3) is 0 Å². The zero-order chi connectivity index (χ0) is 48.6. The maximum absolute atomic E-state index is 12.7. The topological polar surface area (TPSA) is 208 Å². The van der Waals surface area contributed by atoms with Gasteiger partial charge in [-0.15, -0.1) is 0 Å². The summed E-state index contributed by atoms with van der Waals surface area (Å²) in [6, 6.07) is 0. The number of phosphoric acid groups is 2. The molecule has 0 aromatic carbocycles. The highest BCUT2D eigenvalue weighted by atomic mass is 31.2. The molecule has 5 atom stereocenters. The lowest BCUT2D eigenvalue weighted by atomic mass is 10.0. The summed E-state index contributed by atoms with van der Waals surface area (Å²) in [4.78, 5) is 52.9. The summed E-state index contributed by atoms with van der Waals surface area (Å²) in [5.74, 6) is -0.265. The molecule has 0 amide bonds. The molecule has 1 fully saturated rings. The monoisotopic (exact) mass is 979 g/mol. The first-order valence-corrected chi connectivity index (χ1v) is 28.7. The van der Waals surface area contributed by atoms with Gasteiger partial charge in [0.15, 0.2) is 6.10 Å². The predicted octanol–water partition coefficient (Wildman–Crippen LogP) is 12.9. The Morgan fingerprint density at radius 2 is 1.03 bits per heavy atom. The Bertz CT molecular complexity index is 1380. The van der Waals surface area contributed by atoms with Gasteiger partial charge in [-0.2, -0.15) is 0 Å². The first-order chi connectivity index (χ1) is 31.7. The first-order valence-electron chi connectivity index (χ1n) is 25.7. The zero-order valence-electron chi connectivity index (χ0n) is 41.2. The Kier molecular flexibility index (Phi) is 38.8. The summed E-state index contributed by atoms with van der Waals surface area (Å²) >= 11 is 0. The van der Waals surface area contributed by atoms with Crippen LogP contribution in [0.15, 0.2) is 36.5 Å². The highest BCUT2D eigenvalue weighted by Gasteiger charge is 2.36. The molecule has 0 aromatic heterocycles. The van der Waals surface area contributed by atoms with Crippen molar-refractivity contribution in [2.45, 2.75) is 238 Å². The molecule has 3 unspecified atom stereocenters. The summed E-state index contributed by atoms with van der Waals surface area (Å²) in [6.45, 7) is 4.05. The fraction of sp³-hybridized carbons (Fsp3) is 0.840. The SMILES string of the molecule is CCCCC/C=C\CC1OC1C/C=C\C/C=C\CCCC(=O)OC[C@H](COP(=O)(O)OC[C@@H](O)COP(=O)(O)O)OC(=O)CCCCCCCCCCCCCCCCCCCCC(C)C. The molecule has 386 valence electrons. The molecule has 0 aliphatic carbocycles. The fourth-order valence-electron chi connectivity index (χ4n) is 7.33. The maximum atomic E-state index is 12.7. The summed E-state index contributed by atoms with van der Waals surface area (Å²) in [5.41, 5.74) is 0. The molecule has 0 spiro atoms. The van der Waals surface area contributed by atoms with E-state index >= 15 is 0 Å². The van der Waals surface area contributed by atoms with Gasteiger partial charge in [0.2, 0.25) is 0 Å². The minimum atomic E-state index is -4.87. The van der Waals surface area contributed by atoms with E-state index in [2.05, 4.69) is 49.6 Å². The lowest BCUT2D eigenvalue weighted by Crippen LogP contribution is -2.30. The van der Waals surface area contributed by atoms with Gasteiger partial charge in [0.1, 0.15) is 12.7 Å². The van der Waals surface area contributed by atoms with Crippen LogP contribution in [0.4, 0.5) is 0 Å². The van der Waals surface area contributed by atoms with Crippen molar-refractivity contribution in [2.75, 3.05) is 26.4 Å². The van der Waals surface area contributed by atoms with Crippen LogP contribution < -0.4 is 0 Å². The van der Waals surface area contributed by atoms with Crippen LogP contribution in [0.1, 0.15) is 213 Å². The largest absolute Gasteiger partial charge is 0.472 e. The van der Waals surface area contributed by atoms with Crippen molar-refractivity contribution in [3.8, 4) is 0 Å². The maximum Gasteiger partial charge on any atom is 0.472 e. The van der Waals surface area contributed by atoms with E-state index in [1.807, 2.05) is 12.2 Å². The molecule has 1 heterocycles. The van der Waals surface area contributed by atoms with Crippen LogP contribution in [-0.2, 0) is 46.5 Å². The van der Waals surface area contributed by atoms with Crippen molar-refractivity contribution in [2.24, 2.45) is 5.92 Å². The van der Waals surface area contributed by atoms with Crippen LogP contribution in [0.5, 0.6) is 0 Å². The van der Waals surface area contributed by atoms with Crippen molar-refractivity contribution in [1.82, 2.24) is 0 Å². The van der Waals surface area contributed by atoms with Gasteiger partial charge in [0, 0.05) is 12.8 Å². The normalized spacial score (nSPS) is 17.3. The second kappa shape index (κ2) is 41.1. The Balaban J connectivity index is 2.31. The van der Waals surface area contributed by atoms with Crippen molar-refractivity contribution in [3.63, 3.8) is 0 Å². The second-order valence-corrected chi connectivity index (χ2v) is 21.0. The zero-order valence-corrected chi connectivity index (χ0v) is 42.9. The van der Waals surface area contributed by atoms with Gasteiger partial charge in [-0.1, -0.05) is 186 Å². The number of allylic oxidation sites excluding steroid dienone is 4. The number of carbonyl (C=O) groups is 2. The number of carbonyl (C=O) groups excluding carboxylic acids is 2. The molecule has 66 heavy (non-hydrogen) atoms. The molecule has 1 aliphatic rings. The number of aliphatic hydroxyl groups is 1. The molecule has 0 saturated carbocycles. The van der Waals surface area contributed by atoms with Gasteiger partial charge in [-0.25, -0.2) is 9.13 Å². The average molecular weight is 979 g/mol. The number of aliphatic hydroxyl groups excluding tert-OH is 1. The molecule has 4 N–H and O–H groups in total. The molecule has 16 heteroatoms. The van der Waals surface area contributed by atoms with Crippen molar-refractivity contribution >= 4 is 27.6 Å². The Morgan fingerprint density at radius 1 is 0.561 bits per heavy atom. The lowest BCUT2D eigenvalue weighted by Gasteiger charge is -2.20. The van der Waals surface area contributed by atoms with Gasteiger partial charge in [-0.3, -0.25) is 23.2 Å². The molecule has 1 rings (SSSR count). The molecular formula is C50H92O14P2. The molecule has 0 radical (unpaired) electrons. The number of phosphoric ester groups is 2. The second-order valence-electron chi connectivity index (χ2n) is 18.3. The van der Waals surface area contributed by atoms with E-state index in [1.165, 1.54) is 116 Å². The van der Waals surface area contributed by atoms with Crippen LogP contribution >= 0.6 is 15.6 Å². The molecule has 0 aromatic rings. The van der Waals surface area contributed by atoms with E-state index in [4.69, 9.17) is 33.0 Å². The van der Waals surface area contributed by atoms with Gasteiger partial charge < -0.3 is 34.0 Å². The molecular weight excluding hydrogens is 886 g/mol. The van der Waals surface area contributed by atoms with E-state index in [9.17, 15) is 28.7 Å². The molecule has 0 bridgehead atoms. The van der Waals surface area contributed by atoms with Crippen LogP contribution in [-0.4, -0.2) is 82.6 Å². The lowest BCUT2D eigenvalue weighted by molar-refractivity contribution is -0.161. The van der Waals surface area contributed by atoms with Gasteiger partial charge in [0.05, 0.1) is 32.0 Å². The Hall–Kier alpha value is -1.70. The third-order valence-corrected chi connectivity index (χ3v) is 12.8. The van der Waals surface area contributed by atoms with Crippen LogP contribution in [0.3, 0.4) is 0 Å². The van der Waals surface area contributed by atoms with Crippen molar-refractivity contribution in [3.05, 3.63) is 36.5 Å². The third-order valence-electron chi connectivity index (χ3n) is 11.4. The smallest absolute Gasteiger partial charge is 0.462 e. The fourth-order valence-corrected chi connectivity index (χ4v) is 8.49. The minimum Gasteiger partial charge on any atom is -0.462 e. The molecule has 1 aliphatic heterocycles. The van der Waals surface area contributed by atoms with E-state index in [-0.39, 0.29) is 12.8 Å². The van der Waals surface area contributed by atoms with Crippen molar-refractivity contribution in [1.29, 1.82) is 0 Å². The van der Waals surface area contributed by atoms with E-state index < -0.39 is 66.2 Å². The number of epoxide rings is 1. The number of ether oxygens (including phenoxy) is 3. The average Bonchev–Trinajstić information content (AvgIpc) is 4.03. The summed E-state index contributed by atoms with van der Waals surface area (Å²) in [6.07, 6.45) is 43.1. The predicted molar refractivity (Wildman–Crippen MR) is 262 cm³/mol. The summed E-state index contributed by atoms with van der Waals surface area (Å²) in [7, 11) is -9.70. The van der Waals surface area contributed by atoms with Gasteiger partial charge in [0.25, 0.3) is 0 Å². The summed E-state index contributed by atoms with van der Waals surface area (Å²) < 4.78 is 53.7. The minimum absolute atomic E-state index is 0.115. The quantitative estimate of drug-likeness (QED) is 0.0147. The van der Waals surface area contributed by atoms with E-state index in [1.54, 1.807) is 0 Å². The number of hydrogen-bond donors (Lipinski definition) is 4. The standard InChI is InChI=1S/C50H92O14P2/c1-4-5-6-7-26-31-36-47-48(64-47)37-32-27-22-20-24-28-33-38-49(52)59-42-46(43-62-66(57,58)61-41-45(51)40-60-65(54,55)56)63-50(53)39-34-29-23-19-17-15-13-11-9-8-10-12-14-16-18-21-25-30-35-44(2)3/h20,24,26-27,31-32,44-48,51H,4-19,21-23,25,28-30,33-43H2,1-3H3,(H,57,58)(H2,54,55,56)/b24-20-,31-26-,32-27-/t45-,46+,47?,48?/m0/s1. The first kappa shape index (κ1) is 62.3. The van der Waals surface area contributed by atoms with Crippen molar-refractivity contribution < 1.29 is 66.3 Å². The number of esters is 2. The van der Waals surface area contributed by atoms with E-state index in [0.29, 0.717) is 31.5 Å². The van der Waals surface area contributed by atoms with Gasteiger partial charge in [-0.05, 0) is 57.3 Å². The highest BCUT2D eigenvalue weighted by Crippen LogP contribution is 2.44. The highest BCUT2D eigenvalue weighted by molar-refractivity contribution is 7.47. The summed E-state index contributed by atoms with van der Waals surface area (Å²) in [5, 5.41) is 9.78. The number of hydrogen-bond acceptors (Lipinski definition) is 11. The number of rotatable bonds is 47. The molecule has 14 nitrogen and oxygen atoms in total. The Morgan fingerprint density at radius 3 is 1.59 bits per heavy atom. The van der Waals surface area contributed by atoms with Gasteiger partial charge >= 0.3 is 27.6 Å². The number of unbranched alkanes of at least 4 members (excludes halogenated alkanes) is 21. The molecule has 1 saturated heterocycles. The van der Waals surface area contributed by atoms with Crippen LogP contribution in [0, 0.1) is 5.92 Å². The van der Waals surface area contributed by atoms with Crippen LogP contribution in [0.2, 0.25) is 0 Å². The Labute approximate surface area is 399 Å².